The second kappa shape index (κ2) is 7.21. The first-order valence-corrected chi connectivity index (χ1v) is 9.28. The molecule has 6 nitrogen and oxygen atoms in total. The minimum atomic E-state index is -4.60. The van der Waals surface area contributed by atoms with Crippen LogP contribution in [-0.4, -0.2) is 20.7 Å². The summed E-state index contributed by atoms with van der Waals surface area (Å²) in [6.45, 7) is 0. The molecule has 3 aromatic rings. The summed E-state index contributed by atoms with van der Waals surface area (Å²) >= 11 is 0. The highest BCUT2D eigenvalue weighted by atomic mass is 31.2. The van der Waals surface area contributed by atoms with Crippen molar-refractivity contribution in [2.75, 3.05) is 0 Å². The SMILES string of the molecule is O=C(Oc1c(F)c(F)c(F)c(F)c1F)c1cc2cc(CP(=O)(O)O)c(F)cc2[nH]1. The number of rotatable bonds is 4. The zero-order chi connectivity index (χ0) is 21.7. The van der Waals surface area contributed by atoms with E-state index in [2.05, 4.69) is 9.72 Å². The van der Waals surface area contributed by atoms with Crippen LogP contribution >= 0.6 is 7.60 Å². The van der Waals surface area contributed by atoms with Crippen LogP contribution in [-0.2, 0) is 10.7 Å². The van der Waals surface area contributed by atoms with Gasteiger partial charge in [0.25, 0.3) is 0 Å². The third-order valence-electron chi connectivity index (χ3n) is 3.75. The van der Waals surface area contributed by atoms with Crippen LogP contribution in [0.5, 0.6) is 5.75 Å². The average Bonchev–Trinajstić information content (AvgIpc) is 3.03. The van der Waals surface area contributed by atoms with Crippen molar-refractivity contribution in [1.29, 1.82) is 0 Å². The van der Waals surface area contributed by atoms with E-state index in [4.69, 9.17) is 9.79 Å². The first-order valence-electron chi connectivity index (χ1n) is 7.48. The number of aromatic nitrogens is 1. The van der Waals surface area contributed by atoms with E-state index in [9.17, 15) is 35.7 Å². The molecule has 2 aromatic carbocycles. The molecule has 1 aromatic heterocycles. The fourth-order valence-electron chi connectivity index (χ4n) is 2.48. The molecule has 0 aliphatic heterocycles. The van der Waals surface area contributed by atoms with E-state index >= 15 is 0 Å². The number of ether oxygens (including phenoxy) is 1. The minimum Gasteiger partial charge on any atom is -0.415 e. The topological polar surface area (TPSA) is 99.6 Å². The Morgan fingerprint density at radius 3 is 2.03 bits per heavy atom. The van der Waals surface area contributed by atoms with E-state index < -0.39 is 66.1 Å². The van der Waals surface area contributed by atoms with Gasteiger partial charge in [-0.05, 0) is 18.2 Å². The number of fused-ring (bicyclic) bond motifs is 1. The molecule has 0 aliphatic rings. The first-order chi connectivity index (χ1) is 13.4. The number of benzene rings is 2. The maximum Gasteiger partial charge on any atom is 0.360 e. The zero-order valence-electron chi connectivity index (χ0n) is 13.8. The van der Waals surface area contributed by atoms with Crippen molar-refractivity contribution >= 4 is 24.5 Å². The van der Waals surface area contributed by atoms with Crippen LogP contribution in [0.1, 0.15) is 16.1 Å². The van der Waals surface area contributed by atoms with Crippen molar-refractivity contribution in [2.45, 2.75) is 6.16 Å². The van der Waals surface area contributed by atoms with Crippen molar-refractivity contribution in [1.82, 2.24) is 4.98 Å². The highest BCUT2D eigenvalue weighted by Gasteiger charge is 2.29. The van der Waals surface area contributed by atoms with Crippen molar-refractivity contribution in [3.63, 3.8) is 0 Å². The lowest BCUT2D eigenvalue weighted by Crippen LogP contribution is -2.14. The Balaban J connectivity index is 1.98. The molecule has 0 fully saturated rings. The van der Waals surface area contributed by atoms with Gasteiger partial charge in [0.2, 0.25) is 34.8 Å². The fourth-order valence-corrected chi connectivity index (χ4v) is 3.16. The van der Waals surface area contributed by atoms with Gasteiger partial charge in [-0.3, -0.25) is 4.57 Å². The van der Waals surface area contributed by atoms with E-state index in [-0.39, 0.29) is 16.5 Å². The van der Waals surface area contributed by atoms with Crippen molar-refractivity contribution in [3.8, 4) is 5.75 Å². The second-order valence-corrected chi connectivity index (χ2v) is 7.47. The van der Waals surface area contributed by atoms with Gasteiger partial charge in [0.05, 0.1) is 6.16 Å². The molecule has 0 saturated carbocycles. The predicted molar refractivity (Wildman–Crippen MR) is 85.2 cm³/mol. The maximum atomic E-state index is 13.9. The first kappa shape index (κ1) is 20.9. The third-order valence-corrected chi connectivity index (χ3v) is 4.50. The summed E-state index contributed by atoms with van der Waals surface area (Å²) in [5.41, 5.74) is -0.970. The lowest BCUT2D eigenvalue weighted by Gasteiger charge is -2.07. The Morgan fingerprint density at radius 1 is 0.931 bits per heavy atom. The standard InChI is InChI=1S/C16H8F6NO5P/c17-7-3-8-5(1-6(7)4-29(25,26)27)2-9(23-8)16(24)28-15-13(21)11(19)10(18)12(20)14(15)22/h1-3,23H,4H2,(H2,25,26,27). The summed E-state index contributed by atoms with van der Waals surface area (Å²) < 4.78 is 95.9. The van der Waals surface area contributed by atoms with Crippen molar-refractivity contribution < 1.29 is 50.2 Å². The number of hydrogen-bond acceptors (Lipinski definition) is 3. The van der Waals surface area contributed by atoms with Gasteiger partial charge in [-0.15, -0.1) is 0 Å². The number of halogens is 6. The van der Waals surface area contributed by atoms with E-state index in [1.54, 1.807) is 0 Å². The number of nitrogens with one attached hydrogen (secondary N) is 1. The van der Waals surface area contributed by atoms with Gasteiger partial charge in [0.1, 0.15) is 11.5 Å². The number of H-pyrrole nitrogens is 1. The smallest absolute Gasteiger partial charge is 0.360 e. The summed E-state index contributed by atoms with van der Waals surface area (Å²) in [6, 6.07) is 2.79. The molecule has 154 valence electrons. The molecule has 29 heavy (non-hydrogen) atoms. The van der Waals surface area contributed by atoms with E-state index in [0.29, 0.717) is 0 Å². The Kier molecular flexibility index (Phi) is 5.20. The summed E-state index contributed by atoms with van der Waals surface area (Å²) in [5.74, 6) is -16.2. The number of carbonyl (C=O) groups is 1. The van der Waals surface area contributed by atoms with Gasteiger partial charge in [0.15, 0.2) is 0 Å². The van der Waals surface area contributed by atoms with Crippen molar-refractivity contribution in [3.05, 3.63) is 64.4 Å². The Hall–Kier alpha value is -2.82. The lowest BCUT2D eigenvalue weighted by atomic mass is 10.1. The van der Waals surface area contributed by atoms with Crippen LogP contribution in [0.3, 0.4) is 0 Å². The fraction of sp³-hybridized carbons (Fsp3) is 0.0625. The number of aromatic amines is 1. The molecule has 1 heterocycles. The summed E-state index contributed by atoms with van der Waals surface area (Å²) in [6.07, 6.45) is -0.926. The van der Waals surface area contributed by atoms with Crippen molar-refractivity contribution in [2.24, 2.45) is 0 Å². The van der Waals surface area contributed by atoms with Crippen LogP contribution in [0.15, 0.2) is 18.2 Å². The summed E-state index contributed by atoms with van der Waals surface area (Å²) in [5, 5.41) is 0.0687. The minimum absolute atomic E-state index is 0.0543. The highest BCUT2D eigenvalue weighted by molar-refractivity contribution is 7.50. The highest BCUT2D eigenvalue weighted by Crippen LogP contribution is 2.40. The van der Waals surface area contributed by atoms with Gasteiger partial charge < -0.3 is 19.5 Å². The predicted octanol–water partition coefficient (Wildman–Crippen LogP) is 3.90. The third kappa shape index (κ3) is 4.00. The number of hydrogen-bond donors (Lipinski definition) is 3. The van der Waals surface area contributed by atoms with Gasteiger partial charge in [-0.2, -0.15) is 8.78 Å². The molecule has 0 bridgehead atoms. The van der Waals surface area contributed by atoms with Crippen LogP contribution in [0.25, 0.3) is 10.9 Å². The van der Waals surface area contributed by atoms with Gasteiger partial charge in [-0.1, -0.05) is 0 Å². The molecular formula is C16H8F6NO5P. The molecule has 0 aliphatic carbocycles. The van der Waals surface area contributed by atoms with E-state index in [0.717, 1.165) is 18.2 Å². The molecule has 13 heteroatoms. The molecule has 0 unspecified atom stereocenters. The lowest BCUT2D eigenvalue weighted by molar-refractivity contribution is 0.0710. The van der Waals surface area contributed by atoms with Gasteiger partial charge in [-0.25, -0.2) is 22.4 Å². The van der Waals surface area contributed by atoms with Crippen LogP contribution in [0, 0.1) is 34.9 Å². The van der Waals surface area contributed by atoms with E-state index in [1.165, 1.54) is 0 Å². The molecule has 0 spiro atoms. The number of esters is 1. The Morgan fingerprint density at radius 2 is 1.48 bits per heavy atom. The van der Waals surface area contributed by atoms with Crippen LogP contribution in [0.2, 0.25) is 0 Å². The van der Waals surface area contributed by atoms with Gasteiger partial charge >= 0.3 is 13.6 Å². The Labute approximate surface area is 156 Å². The average molecular weight is 439 g/mol. The Bertz CT molecular complexity index is 1180. The maximum absolute atomic E-state index is 13.9. The molecule has 0 amide bonds. The van der Waals surface area contributed by atoms with Crippen LogP contribution in [0.4, 0.5) is 26.3 Å². The van der Waals surface area contributed by atoms with Crippen LogP contribution < -0.4 is 4.74 Å². The zero-order valence-corrected chi connectivity index (χ0v) is 14.7. The summed E-state index contributed by atoms with van der Waals surface area (Å²) in [4.78, 5) is 32.3. The van der Waals surface area contributed by atoms with Gasteiger partial charge in [0, 0.05) is 16.5 Å². The second-order valence-electron chi connectivity index (χ2n) is 5.83. The molecular weight excluding hydrogens is 431 g/mol. The quantitative estimate of drug-likeness (QED) is 0.143. The normalized spacial score (nSPS) is 11.9. The molecule has 0 radical (unpaired) electrons. The monoisotopic (exact) mass is 439 g/mol. The molecule has 3 rings (SSSR count). The van der Waals surface area contributed by atoms with E-state index in [1.807, 2.05) is 0 Å². The molecule has 0 saturated heterocycles. The summed E-state index contributed by atoms with van der Waals surface area (Å²) in [7, 11) is -4.60. The molecule has 0 atom stereocenters. The largest absolute Gasteiger partial charge is 0.415 e. The molecule has 3 N–H and O–H groups in total. The number of carbonyl (C=O) groups excluding carboxylic acids is 1.